The lowest BCUT2D eigenvalue weighted by atomic mass is 10.1. The molecule has 0 aromatic heterocycles. The molecule has 1 aliphatic heterocycles. The van der Waals surface area contributed by atoms with Gasteiger partial charge in [0.25, 0.3) is 0 Å². The van der Waals surface area contributed by atoms with Crippen LogP contribution < -0.4 is 0 Å². The molecule has 4 nitrogen and oxygen atoms in total. The van der Waals surface area contributed by atoms with Crippen LogP contribution in [0.4, 0.5) is 4.79 Å². The van der Waals surface area contributed by atoms with E-state index in [2.05, 4.69) is 0 Å². The highest BCUT2D eigenvalue weighted by Gasteiger charge is 2.29. The molecule has 0 spiro atoms. The SMILES string of the molecule is Cc1ccc(CN2CC(=N)N(C)C2=O)cc1. The largest absolute Gasteiger partial charge is 0.325 e. The molecule has 0 saturated carbocycles. The van der Waals surface area contributed by atoms with Crippen LogP contribution in [0.5, 0.6) is 0 Å². The van der Waals surface area contributed by atoms with E-state index in [-0.39, 0.29) is 6.03 Å². The number of carbonyl (C=O) groups is 1. The predicted molar refractivity (Wildman–Crippen MR) is 62.5 cm³/mol. The van der Waals surface area contributed by atoms with Crippen molar-refractivity contribution in [2.24, 2.45) is 0 Å². The number of amidine groups is 1. The minimum absolute atomic E-state index is 0.0921. The predicted octanol–water partition coefficient (Wildman–Crippen LogP) is 1.84. The molecule has 0 radical (unpaired) electrons. The second-order valence-electron chi connectivity index (χ2n) is 4.13. The highest BCUT2D eigenvalue weighted by molar-refractivity contribution is 6.02. The van der Waals surface area contributed by atoms with E-state index in [9.17, 15) is 4.79 Å². The summed E-state index contributed by atoms with van der Waals surface area (Å²) in [7, 11) is 1.64. The Morgan fingerprint density at radius 3 is 2.44 bits per heavy atom. The van der Waals surface area contributed by atoms with Crippen LogP contribution in [0.25, 0.3) is 0 Å². The Morgan fingerprint density at radius 1 is 1.31 bits per heavy atom. The van der Waals surface area contributed by atoms with E-state index < -0.39 is 0 Å². The molecule has 1 fully saturated rings. The maximum Gasteiger partial charge on any atom is 0.325 e. The zero-order chi connectivity index (χ0) is 11.7. The van der Waals surface area contributed by atoms with Crippen LogP contribution in [-0.4, -0.2) is 35.3 Å². The molecular formula is C12H15N3O. The average Bonchev–Trinajstić information content (AvgIpc) is 2.50. The number of nitrogens with one attached hydrogen (secondary N) is 1. The van der Waals surface area contributed by atoms with Gasteiger partial charge >= 0.3 is 6.03 Å². The number of aryl methyl sites for hydroxylation is 1. The van der Waals surface area contributed by atoms with Gasteiger partial charge in [0.2, 0.25) is 0 Å². The lowest BCUT2D eigenvalue weighted by Gasteiger charge is -2.14. The summed E-state index contributed by atoms with van der Waals surface area (Å²) >= 11 is 0. The minimum atomic E-state index is -0.0921. The number of hydrogen-bond donors (Lipinski definition) is 1. The fourth-order valence-electron chi connectivity index (χ4n) is 1.72. The Bertz CT molecular complexity index is 424. The maximum atomic E-state index is 11.7. The molecule has 1 aromatic carbocycles. The van der Waals surface area contributed by atoms with E-state index in [4.69, 9.17) is 5.41 Å². The van der Waals surface area contributed by atoms with E-state index in [0.717, 1.165) is 5.56 Å². The van der Waals surface area contributed by atoms with Gasteiger partial charge in [-0.2, -0.15) is 0 Å². The minimum Gasteiger partial charge on any atom is -0.313 e. The summed E-state index contributed by atoms with van der Waals surface area (Å²) in [6.07, 6.45) is 0. The molecule has 1 saturated heterocycles. The molecule has 84 valence electrons. The van der Waals surface area contributed by atoms with E-state index in [0.29, 0.717) is 18.9 Å². The van der Waals surface area contributed by atoms with Gasteiger partial charge in [-0.25, -0.2) is 4.79 Å². The Labute approximate surface area is 95.0 Å². The summed E-state index contributed by atoms with van der Waals surface area (Å²) in [6, 6.07) is 8.01. The molecule has 1 N–H and O–H groups in total. The normalized spacial score (nSPS) is 16.1. The summed E-state index contributed by atoms with van der Waals surface area (Å²) in [4.78, 5) is 14.8. The van der Waals surface area contributed by atoms with Crippen molar-refractivity contribution in [3.8, 4) is 0 Å². The quantitative estimate of drug-likeness (QED) is 0.807. The van der Waals surface area contributed by atoms with Gasteiger partial charge in [0.15, 0.2) is 0 Å². The van der Waals surface area contributed by atoms with Crippen molar-refractivity contribution in [1.82, 2.24) is 9.80 Å². The number of hydrogen-bond acceptors (Lipinski definition) is 2. The third kappa shape index (κ3) is 1.91. The van der Waals surface area contributed by atoms with Gasteiger partial charge in [-0.15, -0.1) is 0 Å². The van der Waals surface area contributed by atoms with Gasteiger partial charge in [-0.3, -0.25) is 10.3 Å². The summed E-state index contributed by atoms with van der Waals surface area (Å²) in [5.41, 5.74) is 2.31. The van der Waals surface area contributed by atoms with Crippen molar-refractivity contribution in [1.29, 1.82) is 5.41 Å². The van der Waals surface area contributed by atoms with Crippen molar-refractivity contribution in [3.63, 3.8) is 0 Å². The van der Waals surface area contributed by atoms with Crippen molar-refractivity contribution >= 4 is 11.9 Å². The van der Waals surface area contributed by atoms with Gasteiger partial charge in [-0.1, -0.05) is 29.8 Å². The lowest BCUT2D eigenvalue weighted by Crippen LogP contribution is -2.29. The number of rotatable bonds is 2. The van der Waals surface area contributed by atoms with Crippen LogP contribution in [0.1, 0.15) is 11.1 Å². The number of urea groups is 1. The molecule has 0 atom stereocenters. The van der Waals surface area contributed by atoms with Gasteiger partial charge in [-0.05, 0) is 12.5 Å². The first-order chi connectivity index (χ1) is 7.58. The van der Waals surface area contributed by atoms with Gasteiger partial charge in [0, 0.05) is 13.6 Å². The number of benzene rings is 1. The first kappa shape index (κ1) is 10.7. The van der Waals surface area contributed by atoms with Crippen molar-refractivity contribution in [3.05, 3.63) is 35.4 Å². The number of nitrogens with zero attached hydrogens (tertiary/aromatic N) is 2. The highest BCUT2D eigenvalue weighted by atomic mass is 16.2. The second kappa shape index (κ2) is 3.96. The molecule has 0 unspecified atom stereocenters. The van der Waals surface area contributed by atoms with Crippen molar-refractivity contribution < 1.29 is 4.79 Å². The first-order valence-electron chi connectivity index (χ1n) is 5.23. The molecule has 4 heteroatoms. The standard InChI is InChI=1S/C12H15N3O/c1-9-3-5-10(6-4-9)7-15-8-11(13)14(2)12(15)16/h3-6,13H,7-8H2,1-2H3. The third-order valence-electron chi connectivity index (χ3n) is 2.80. The molecule has 2 rings (SSSR count). The molecule has 0 aliphatic carbocycles. The van der Waals surface area contributed by atoms with Crippen LogP contribution in [0.2, 0.25) is 0 Å². The number of carbonyl (C=O) groups excluding carboxylic acids is 1. The van der Waals surface area contributed by atoms with Gasteiger partial charge in [0.05, 0.1) is 6.54 Å². The van der Waals surface area contributed by atoms with Crippen LogP contribution >= 0.6 is 0 Å². The van der Waals surface area contributed by atoms with Crippen molar-refractivity contribution in [2.45, 2.75) is 13.5 Å². The fourth-order valence-corrected chi connectivity index (χ4v) is 1.72. The zero-order valence-corrected chi connectivity index (χ0v) is 9.53. The van der Waals surface area contributed by atoms with Gasteiger partial charge in [0.1, 0.15) is 5.84 Å². The van der Waals surface area contributed by atoms with Crippen LogP contribution in [0.15, 0.2) is 24.3 Å². The monoisotopic (exact) mass is 217 g/mol. The fraction of sp³-hybridized carbons (Fsp3) is 0.333. The van der Waals surface area contributed by atoms with Crippen LogP contribution in [0.3, 0.4) is 0 Å². The average molecular weight is 217 g/mol. The Hall–Kier alpha value is -1.84. The number of likely N-dealkylation sites (N-methyl/N-ethyl adjacent to an activating group) is 1. The van der Waals surface area contributed by atoms with E-state index in [1.165, 1.54) is 10.5 Å². The Balaban J connectivity index is 2.09. The zero-order valence-electron chi connectivity index (χ0n) is 9.53. The molecule has 1 aliphatic rings. The molecular weight excluding hydrogens is 202 g/mol. The summed E-state index contributed by atoms with van der Waals surface area (Å²) < 4.78 is 0. The first-order valence-corrected chi connectivity index (χ1v) is 5.23. The topological polar surface area (TPSA) is 47.4 Å². The van der Waals surface area contributed by atoms with E-state index in [1.54, 1.807) is 11.9 Å². The lowest BCUT2D eigenvalue weighted by molar-refractivity contribution is 0.199. The van der Waals surface area contributed by atoms with Crippen molar-refractivity contribution in [2.75, 3.05) is 13.6 Å². The number of amides is 2. The van der Waals surface area contributed by atoms with Crippen LogP contribution in [-0.2, 0) is 6.54 Å². The van der Waals surface area contributed by atoms with E-state index in [1.807, 2.05) is 31.2 Å². The molecule has 16 heavy (non-hydrogen) atoms. The van der Waals surface area contributed by atoms with Gasteiger partial charge < -0.3 is 4.90 Å². The summed E-state index contributed by atoms with van der Waals surface area (Å²) in [5, 5.41) is 7.58. The Kier molecular flexibility index (Phi) is 2.64. The molecule has 1 heterocycles. The van der Waals surface area contributed by atoms with Crippen LogP contribution in [0, 0.1) is 12.3 Å². The Morgan fingerprint density at radius 2 is 1.94 bits per heavy atom. The molecule has 0 bridgehead atoms. The molecule has 2 amide bonds. The molecule has 1 aromatic rings. The second-order valence-corrected chi connectivity index (χ2v) is 4.13. The smallest absolute Gasteiger partial charge is 0.313 e. The summed E-state index contributed by atoms with van der Waals surface area (Å²) in [6.45, 7) is 3.02. The third-order valence-corrected chi connectivity index (χ3v) is 2.80. The van der Waals surface area contributed by atoms with E-state index >= 15 is 0 Å². The maximum absolute atomic E-state index is 11.7. The highest BCUT2D eigenvalue weighted by Crippen LogP contribution is 2.13. The summed E-state index contributed by atoms with van der Waals surface area (Å²) in [5.74, 6) is 0.358.